The van der Waals surface area contributed by atoms with Crippen LogP contribution < -0.4 is 4.74 Å². The van der Waals surface area contributed by atoms with Crippen molar-refractivity contribution in [2.45, 2.75) is 19.6 Å². The summed E-state index contributed by atoms with van der Waals surface area (Å²) < 4.78 is 19.2. The molecule has 25 heavy (non-hydrogen) atoms. The maximum atomic E-state index is 11.5. The highest BCUT2D eigenvalue weighted by Crippen LogP contribution is 2.17. The molecule has 0 saturated heterocycles. The van der Waals surface area contributed by atoms with E-state index >= 15 is 0 Å². The lowest BCUT2D eigenvalue weighted by Crippen LogP contribution is -2.24. The van der Waals surface area contributed by atoms with Crippen LogP contribution >= 0.6 is 0 Å². The number of nitroso groups, excluding NO2 is 1. The van der Waals surface area contributed by atoms with Crippen molar-refractivity contribution in [2.75, 3.05) is 19.8 Å². The molecule has 11 nitrogen and oxygen atoms in total. The van der Waals surface area contributed by atoms with Gasteiger partial charge in [-0.25, -0.2) is 4.79 Å². The predicted molar refractivity (Wildman–Crippen MR) is 81.9 cm³/mol. The SMILES string of the molecule is CC(OC(=O)CCOCCN=O)OC(=O)Oc1ccc([N+](=O)[O-])cc1. The first kappa shape index (κ1) is 20.0. The van der Waals surface area contributed by atoms with Gasteiger partial charge in [0.05, 0.1) is 24.6 Å². The number of nitrogens with zero attached hydrogens (tertiary/aromatic N) is 2. The van der Waals surface area contributed by atoms with Crippen molar-refractivity contribution in [1.29, 1.82) is 0 Å². The molecule has 0 radical (unpaired) electrons. The van der Waals surface area contributed by atoms with Gasteiger partial charge in [-0.05, 0) is 12.1 Å². The van der Waals surface area contributed by atoms with Crippen LogP contribution in [0.5, 0.6) is 5.75 Å². The van der Waals surface area contributed by atoms with Crippen molar-refractivity contribution in [3.8, 4) is 5.75 Å². The number of carbonyl (C=O) groups excluding carboxylic acids is 2. The van der Waals surface area contributed by atoms with E-state index in [9.17, 15) is 24.6 Å². The van der Waals surface area contributed by atoms with E-state index in [0.29, 0.717) is 0 Å². The van der Waals surface area contributed by atoms with Gasteiger partial charge in [0.15, 0.2) is 0 Å². The smallest absolute Gasteiger partial charge is 0.425 e. The lowest BCUT2D eigenvalue weighted by molar-refractivity contribution is -0.384. The molecule has 0 heterocycles. The van der Waals surface area contributed by atoms with Crippen molar-refractivity contribution in [3.05, 3.63) is 39.3 Å². The topological polar surface area (TPSA) is 144 Å². The molecule has 0 saturated carbocycles. The first-order valence-electron chi connectivity index (χ1n) is 7.11. The van der Waals surface area contributed by atoms with Crippen LogP contribution in [-0.2, 0) is 19.0 Å². The van der Waals surface area contributed by atoms with Crippen LogP contribution in [-0.4, -0.2) is 43.1 Å². The lowest BCUT2D eigenvalue weighted by Gasteiger charge is -2.13. The van der Waals surface area contributed by atoms with E-state index in [4.69, 9.17) is 18.9 Å². The maximum absolute atomic E-state index is 11.5. The first-order chi connectivity index (χ1) is 11.9. The quantitative estimate of drug-likeness (QED) is 0.117. The highest BCUT2D eigenvalue weighted by Gasteiger charge is 2.16. The van der Waals surface area contributed by atoms with Gasteiger partial charge in [0.1, 0.15) is 12.3 Å². The summed E-state index contributed by atoms with van der Waals surface area (Å²) in [7, 11) is 0. The Morgan fingerprint density at radius 3 is 2.48 bits per heavy atom. The molecule has 0 aromatic heterocycles. The number of benzene rings is 1. The standard InChI is InChI=1S/C14H16N2O9/c1-10(23-13(17)6-8-22-9-7-15-19)24-14(18)25-12-4-2-11(3-5-12)16(20)21/h2-5,10H,6-9H2,1H3. The predicted octanol–water partition coefficient (Wildman–Crippen LogP) is 2.17. The van der Waals surface area contributed by atoms with Crippen LogP contribution in [0, 0.1) is 15.0 Å². The summed E-state index contributed by atoms with van der Waals surface area (Å²) >= 11 is 0. The highest BCUT2D eigenvalue weighted by molar-refractivity contribution is 5.70. The minimum atomic E-state index is -1.20. The summed E-state index contributed by atoms with van der Waals surface area (Å²) in [6, 6.07) is 4.77. The summed E-state index contributed by atoms with van der Waals surface area (Å²) in [6.45, 7) is 1.44. The summed E-state index contributed by atoms with van der Waals surface area (Å²) in [5.74, 6) is -0.638. The largest absolute Gasteiger partial charge is 0.516 e. The fourth-order valence-corrected chi connectivity index (χ4v) is 1.52. The Kier molecular flexibility index (Phi) is 8.50. The minimum absolute atomic E-state index is 0.0109. The molecule has 0 N–H and O–H groups in total. The van der Waals surface area contributed by atoms with Gasteiger partial charge in [-0.2, -0.15) is 4.91 Å². The zero-order valence-electron chi connectivity index (χ0n) is 13.3. The van der Waals surface area contributed by atoms with Gasteiger partial charge in [0.25, 0.3) is 5.69 Å². The van der Waals surface area contributed by atoms with E-state index in [1.54, 1.807) is 0 Å². The molecule has 136 valence electrons. The molecule has 0 aliphatic rings. The van der Waals surface area contributed by atoms with Crippen LogP contribution in [0.2, 0.25) is 0 Å². The van der Waals surface area contributed by atoms with Crippen molar-refractivity contribution in [1.82, 2.24) is 0 Å². The molecule has 0 aliphatic carbocycles. The Hall–Kier alpha value is -3.08. The summed E-state index contributed by atoms with van der Waals surface area (Å²) in [4.78, 5) is 42.7. The van der Waals surface area contributed by atoms with Crippen LogP contribution in [0.4, 0.5) is 10.5 Å². The second-order valence-corrected chi connectivity index (χ2v) is 4.49. The van der Waals surface area contributed by atoms with Crippen molar-refractivity contribution >= 4 is 17.8 Å². The minimum Gasteiger partial charge on any atom is -0.425 e. The Labute approximate surface area is 141 Å². The molecule has 0 fully saturated rings. The molecule has 0 bridgehead atoms. The number of nitro benzene ring substituents is 1. The first-order valence-corrected chi connectivity index (χ1v) is 7.11. The molecule has 0 spiro atoms. The molecule has 1 unspecified atom stereocenters. The summed E-state index contributed by atoms with van der Waals surface area (Å²) in [6.07, 6.45) is -2.43. The maximum Gasteiger partial charge on any atom is 0.516 e. The van der Waals surface area contributed by atoms with Crippen LogP contribution in [0.1, 0.15) is 13.3 Å². The van der Waals surface area contributed by atoms with E-state index in [-0.39, 0.29) is 37.6 Å². The Morgan fingerprint density at radius 1 is 1.20 bits per heavy atom. The normalized spacial score (nSPS) is 11.2. The average Bonchev–Trinajstić information content (AvgIpc) is 2.54. The number of rotatable bonds is 10. The molecule has 1 aromatic carbocycles. The third kappa shape index (κ3) is 8.37. The van der Waals surface area contributed by atoms with Gasteiger partial charge in [-0.1, -0.05) is 5.18 Å². The Balaban J connectivity index is 2.29. The monoisotopic (exact) mass is 356 g/mol. The van der Waals surface area contributed by atoms with Crippen LogP contribution in [0.15, 0.2) is 29.4 Å². The molecule has 1 aromatic rings. The zero-order valence-corrected chi connectivity index (χ0v) is 13.3. The van der Waals surface area contributed by atoms with Gasteiger partial charge < -0.3 is 18.9 Å². The van der Waals surface area contributed by atoms with Crippen molar-refractivity contribution in [2.24, 2.45) is 5.18 Å². The van der Waals surface area contributed by atoms with Crippen LogP contribution in [0.3, 0.4) is 0 Å². The number of esters is 1. The van der Waals surface area contributed by atoms with Crippen molar-refractivity contribution < 1.29 is 33.5 Å². The molecular formula is C14H16N2O9. The van der Waals surface area contributed by atoms with Crippen molar-refractivity contribution in [3.63, 3.8) is 0 Å². The molecular weight excluding hydrogens is 340 g/mol. The number of hydrogen-bond acceptors (Lipinski definition) is 10. The number of ether oxygens (including phenoxy) is 4. The summed E-state index contributed by atoms with van der Waals surface area (Å²) in [5, 5.41) is 13.1. The third-order valence-corrected chi connectivity index (χ3v) is 2.59. The van der Waals surface area contributed by atoms with E-state index in [1.165, 1.54) is 19.1 Å². The second kappa shape index (κ2) is 10.6. The molecule has 11 heteroatoms. The Morgan fingerprint density at radius 2 is 1.88 bits per heavy atom. The van der Waals surface area contributed by atoms with Gasteiger partial charge in [-0.15, -0.1) is 0 Å². The van der Waals surface area contributed by atoms with Gasteiger partial charge in [0.2, 0.25) is 6.29 Å². The number of hydrogen-bond donors (Lipinski definition) is 0. The third-order valence-electron chi connectivity index (χ3n) is 2.59. The summed E-state index contributed by atoms with van der Waals surface area (Å²) in [5.41, 5.74) is -0.158. The van der Waals surface area contributed by atoms with Gasteiger partial charge in [-0.3, -0.25) is 14.9 Å². The number of non-ortho nitro benzene ring substituents is 1. The van der Waals surface area contributed by atoms with Gasteiger partial charge in [0, 0.05) is 19.1 Å². The fourth-order valence-electron chi connectivity index (χ4n) is 1.52. The van der Waals surface area contributed by atoms with Crippen LogP contribution in [0.25, 0.3) is 0 Å². The van der Waals surface area contributed by atoms with E-state index in [2.05, 4.69) is 5.18 Å². The average molecular weight is 356 g/mol. The molecule has 0 aliphatic heterocycles. The lowest BCUT2D eigenvalue weighted by atomic mass is 10.3. The fraction of sp³-hybridized carbons (Fsp3) is 0.429. The highest BCUT2D eigenvalue weighted by atomic mass is 16.8. The second-order valence-electron chi connectivity index (χ2n) is 4.49. The number of nitro groups is 1. The number of carbonyl (C=O) groups is 2. The zero-order chi connectivity index (χ0) is 18.7. The van der Waals surface area contributed by atoms with E-state index in [0.717, 1.165) is 12.1 Å². The molecule has 1 rings (SSSR count). The molecule has 0 amide bonds. The van der Waals surface area contributed by atoms with E-state index < -0.39 is 23.3 Å². The molecule has 1 atom stereocenters. The van der Waals surface area contributed by atoms with E-state index in [1.807, 2.05) is 0 Å². The Bertz CT molecular complexity index is 603. The van der Waals surface area contributed by atoms with Gasteiger partial charge >= 0.3 is 12.1 Å².